The quantitative estimate of drug-likeness (QED) is 0.650. The number of aliphatic imine (C=N–C) groups is 2. The molecule has 2 aliphatic carbocycles. The Morgan fingerprint density at radius 3 is 1.12 bits per heavy atom. The Hall–Kier alpha value is -0.660. The topological polar surface area (TPSA) is 24.7 Å². The highest BCUT2D eigenvalue weighted by atomic mass is 14.8. The van der Waals surface area contributed by atoms with E-state index in [1.807, 2.05) is 0 Å². The summed E-state index contributed by atoms with van der Waals surface area (Å²) in [6.45, 7) is 7.35. The molecule has 2 nitrogen and oxygen atoms in total. The summed E-state index contributed by atoms with van der Waals surface area (Å²) in [5, 5.41) is 0. The summed E-state index contributed by atoms with van der Waals surface area (Å²) in [6, 6.07) is 1.12. The summed E-state index contributed by atoms with van der Waals surface area (Å²) in [7, 11) is 0. The second-order valence-electron chi connectivity index (χ2n) is 5.50. The Kier molecular flexibility index (Phi) is 4.14. The molecule has 0 aromatic rings. The summed E-state index contributed by atoms with van der Waals surface area (Å²) in [5.41, 5.74) is 0. The molecular formula is C14H24N2. The lowest BCUT2D eigenvalue weighted by Gasteiger charge is -2.36. The van der Waals surface area contributed by atoms with E-state index in [9.17, 15) is 0 Å². The van der Waals surface area contributed by atoms with Gasteiger partial charge in [0.25, 0.3) is 0 Å². The fraction of sp³-hybridized carbons (Fsp3) is 0.857. The first-order valence-corrected chi connectivity index (χ1v) is 6.75. The first kappa shape index (κ1) is 11.8. The predicted molar refractivity (Wildman–Crippen MR) is 70.6 cm³/mol. The van der Waals surface area contributed by atoms with Crippen LogP contribution in [0.5, 0.6) is 0 Å². The van der Waals surface area contributed by atoms with E-state index in [0.29, 0.717) is 12.1 Å². The number of hydrogen-bond donors (Lipinski definition) is 0. The van der Waals surface area contributed by atoms with E-state index >= 15 is 0 Å². The van der Waals surface area contributed by atoms with E-state index < -0.39 is 0 Å². The zero-order valence-corrected chi connectivity index (χ0v) is 10.3. The molecule has 2 saturated carbocycles. The highest BCUT2D eigenvalue weighted by molar-refractivity contribution is 5.24. The third kappa shape index (κ3) is 2.72. The van der Waals surface area contributed by atoms with Gasteiger partial charge in [-0.2, -0.15) is 0 Å². The van der Waals surface area contributed by atoms with Gasteiger partial charge in [-0.3, -0.25) is 9.98 Å². The van der Waals surface area contributed by atoms with Gasteiger partial charge < -0.3 is 0 Å². The molecule has 0 atom stereocenters. The number of hydrogen-bond acceptors (Lipinski definition) is 2. The van der Waals surface area contributed by atoms with E-state index in [2.05, 4.69) is 23.4 Å². The van der Waals surface area contributed by atoms with Crippen molar-refractivity contribution < 1.29 is 0 Å². The standard InChI is InChI=1S/C14H24N2/c1-15-13-7-3-11(4-8-13)12-5-9-14(16-2)10-6-12/h11-14H,1-10H2. The first-order chi connectivity index (χ1) is 7.83. The van der Waals surface area contributed by atoms with Crippen molar-refractivity contribution in [2.24, 2.45) is 21.8 Å². The largest absolute Gasteiger partial charge is 0.298 e. The minimum Gasteiger partial charge on any atom is -0.298 e. The van der Waals surface area contributed by atoms with Gasteiger partial charge in [0, 0.05) is 12.1 Å². The molecule has 0 aromatic heterocycles. The van der Waals surface area contributed by atoms with Crippen molar-refractivity contribution in [2.75, 3.05) is 0 Å². The maximum absolute atomic E-state index is 4.18. The lowest BCUT2D eigenvalue weighted by molar-refractivity contribution is 0.179. The van der Waals surface area contributed by atoms with Crippen molar-refractivity contribution in [3.8, 4) is 0 Å². The van der Waals surface area contributed by atoms with Crippen LogP contribution in [-0.4, -0.2) is 25.5 Å². The molecule has 0 heterocycles. The van der Waals surface area contributed by atoms with Crippen molar-refractivity contribution in [3.63, 3.8) is 0 Å². The third-order valence-corrected chi connectivity index (χ3v) is 4.67. The molecule has 0 N–H and O–H groups in total. The molecule has 2 fully saturated rings. The van der Waals surface area contributed by atoms with Gasteiger partial charge in [-0.15, -0.1) is 0 Å². The van der Waals surface area contributed by atoms with Gasteiger partial charge in [-0.05, 0) is 76.6 Å². The highest BCUT2D eigenvalue weighted by Gasteiger charge is 2.30. The van der Waals surface area contributed by atoms with Gasteiger partial charge in [-0.1, -0.05) is 0 Å². The average molecular weight is 220 g/mol. The summed E-state index contributed by atoms with van der Waals surface area (Å²) >= 11 is 0. The maximum atomic E-state index is 4.18. The lowest BCUT2D eigenvalue weighted by atomic mass is 9.71. The van der Waals surface area contributed by atoms with Gasteiger partial charge in [0.1, 0.15) is 0 Å². The summed E-state index contributed by atoms with van der Waals surface area (Å²) in [6.07, 6.45) is 10.6. The highest BCUT2D eigenvalue weighted by Crippen LogP contribution is 2.39. The molecular weight excluding hydrogens is 196 g/mol. The Labute approximate surface area is 99.3 Å². The van der Waals surface area contributed by atoms with Crippen LogP contribution in [0, 0.1) is 11.8 Å². The van der Waals surface area contributed by atoms with Crippen molar-refractivity contribution in [2.45, 2.75) is 63.5 Å². The fourth-order valence-corrected chi connectivity index (χ4v) is 3.51. The van der Waals surface area contributed by atoms with E-state index in [1.54, 1.807) is 0 Å². The van der Waals surface area contributed by atoms with Crippen molar-refractivity contribution in [1.29, 1.82) is 0 Å². The summed E-state index contributed by atoms with van der Waals surface area (Å²) in [5.74, 6) is 1.92. The molecule has 0 bridgehead atoms. The monoisotopic (exact) mass is 220 g/mol. The molecule has 0 radical (unpaired) electrons. The zero-order valence-electron chi connectivity index (χ0n) is 10.3. The molecule has 0 aromatic carbocycles. The van der Waals surface area contributed by atoms with Crippen LogP contribution in [0.25, 0.3) is 0 Å². The fourth-order valence-electron chi connectivity index (χ4n) is 3.51. The zero-order chi connectivity index (χ0) is 11.4. The Morgan fingerprint density at radius 1 is 0.562 bits per heavy atom. The van der Waals surface area contributed by atoms with Crippen LogP contribution in [0.15, 0.2) is 9.98 Å². The smallest absolute Gasteiger partial charge is 0.0492 e. The van der Waals surface area contributed by atoms with Crippen LogP contribution in [0.1, 0.15) is 51.4 Å². The molecule has 0 spiro atoms. The van der Waals surface area contributed by atoms with Crippen LogP contribution in [0.3, 0.4) is 0 Å². The summed E-state index contributed by atoms with van der Waals surface area (Å²) in [4.78, 5) is 8.36. The molecule has 2 heteroatoms. The van der Waals surface area contributed by atoms with Crippen molar-refractivity contribution in [3.05, 3.63) is 0 Å². The summed E-state index contributed by atoms with van der Waals surface area (Å²) < 4.78 is 0. The van der Waals surface area contributed by atoms with Crippen molar-refractivity contribution in [1.82, 2.24) is 0 Å². The molecule has 0 aliphatic heterocycles. The van der Waals surface area contributed by atoms with Gasteiger partial charge in [0.15, 0.2) is 0 Å². The Bertz CT molecular complexity index is 207. The predicted octanol–water partition coefficient (Wildman–Crippen LogP) is 3.51. The van der Waals surface area contributed by atoms with Crippen LogP contribution in [0.2, 0.25) is 0 Å². The average Bonchev–Trinajstić information content (AvgIpc) is 2.39. The van der Waals surface area contributed by atoms with Crippen LogP contribution >= 0.6 is 0 Å². The van der Waals surface area contributed by atoms with Gasteiger partial charge in [0.05, 0.1) is 0 Å². The normalized spacial score (nSPS) is 40.2. The molecule has 0 unspecified atom stereocenters. The molecule has 2 rings (SSSR count). The lowest BCUT2D eigenvalue weighted by Crippen LogP contribution is -2.27. The molecule has 0 saturated heterocycles. The molecule has 2 aliphatic rings. The maximum Gasteiger partial charge on any atom is 0.0492 e. The number of nitrogens with zero attached hydrogens (tertiary/aromatic N) is 2. The molecule has 90 valence electrons. The van der Waals surface area contributed by atoms with E-state index in [4.69, 9.17) is 0 Å². The van der Waals surface area contributed by atoms with Crippen molar-refractivity contribution >= 4 is 13.4 Å². The minimum absolute atomic E-state index is 0.558. The van der Waals surface area contributed by atoms with E-state index in [0.717, 1.165) is 11.8 Å². The van der Waals surface area contributed by atoms with Crippen LogP contribution < -0.4 is 0 Å². The minimum atomic E-state index is 0.558. The van der Waals surface area contributed by atoms with Gasteiger partial charge in [0.2, 0.25) is 0 Å². The van der Waals surface area contributed by atoms with Crippen LogP contribution in [-0.2, 0) is 0 Å². The third-order valence-electron chi connectivity index (χ3n) is 4.67. The molecule has 16 heavy (non-hydrogen) atoms. The van der Waals surface area contributed by atoms with Crippen LogP contribution in [0.4, 0.5) is 0 Å². The second-order valence-corrected chi connectivity index (χ2v) is 5.50. The van der Waals surface area contributed by atoms with Gasteiger partial charge in [-0.25, -0.2) is 0 Å². The first-order valence-electron chi connectivity index (χ1n) is 6.75. The SMILES string of the molecule is C=NC1CCC(C2CCC(N=C)CC2)CC1. The van der Waals surface area contributed by atoms with Gasteiger partial charge >= 0.3 is 0 Å². The van der Waals surface area contributed by atoms with E-state index in [-0.39, 0.29) is 0 Å². The molecule has 0 amide bonds. The van der Waals surface area contributed by atoms with E-state index in [1.165, 1.54) is 51.4 Å². The Balaban J connectivity index is 1.77. The second kappa shape index (κ2) is 5.60. The number of rotatable bonds is 3. The Morgan fingerprint density at radius 2 is 0.875 bits per heavy atom.